The number of benzene rings is 2. The van der Waals surface area contributed by atoms with E-state index in [-0.39, 0.29) is 0 Å². The van der Waals surface area contributed by atoms with Crippen LogP contribution in [0.15, 0.2) is 54.6 Å². The van der Waals surface area contributed by atoms with Crippen LogP contribution in [0.5, 0.6) is 0 Å². The third-order valence-electron chi connectivity index (χ3n) is 3.68. The number of aliphatic hydroxyl groups is 1. The van der Waals surface area contributed by atoms with Crippen molar-refractivity contribution in [2.75, 3.05) is 13.6 Å². The highest BCUT2D eigenvalue weighted by Gasteiger charge is 2.11. The second-order valence-corrected chi connectivity index (χ2v) is 5.69. The molecule has 0 heterocycles. The minimum atomic E-state index is -0.436. The third kappa shape index (κ3) is 5.00. The van der Waals surface area contributed by atoms with Crippen LogP contribution in [-0.4, -0.2) is 23.6 Å². The van der Waals surface area contributed by atoms with Crippen molar-refractivity contribution in [3.63, 3.8) is 0 Å². The van der Waals surface area contributed by atoms with Crippen molar-refractivity contribution in [2.45, 2.75) is 32.4 Å². The maximum absolute atomic E-state index is 10.3. The Morgan fingerprint density at radius 1 is 0.952 bits per heavy atom. The van der Waals surface area contributed by atoms with Crippen molar-refractivity contribution in [3.05, 3.63) is 71.3 Å². The van der Waals surface area contributed by atoms with Crippen LogP contribution in [0.1, 0.15) is 36.1 Å². The van der Waals surface area contributed by atoms with E-state index in [1.54, 1.807) is 0 Å². The molecule has 1 unspecified atom stereocenters. The second-order valence-electron chi connectivity index (χ2n) is 5.69. The normalized spacial score (nSPS) is 12.6. The number of aliphatic hydroxyl groups excluding tert-OH is 1. The number of nitrogens with zero attached hydrogens (tertiary/aromatic N) is 1. The van der Waals surface area contributed by atoms with E-state index in [0.29, 0.717) is 6.54 Å². The van der Waals surface area contributed by atoms with Crippen LogP contribution in [0.4, 0.5) is 0 Å². The topological polar surface area (TPSA) is 23.5 Å². The van der Waals surface area contributed by atoms with Crippen molar-refractivity contribution in [1.82, 2.24) is 4.90 Å². The van der Waals surface area contributed by atoms with Gasteiger partial charge in [0.2, 0.25) is 0 Å². The van der Waals surface area contributed by atoms with Gasteiger partial charge in [0.15, 0.2) is 0 Å². The molecule has 0 aromatic heterocycles. The average Bonchev–Trinajstić information content (AvgIpc) is 2.49. The Balaban J connectivity index is 1.89. The summed E-state index contributed by atoms with van der Waals surface area (Å²) in [7, 11) is 2.04. The van der Waals surface area contributed by atoms with E-state index >= 15 is 0 Å². The maximum Gasteiger partial charge on any atom is 0.0916 e. The smallest absolute Gasteiger partial charge is 0.0916 e. The van der Waals surface area contributed by atoms with E-state index in [9.17, 15) is 5.11 Å². The van der Waals surface area contributed by atoms with E-state index in [1.807, 2.05) is 37.4 Å². The Morgan fingerprint density at radius 2 is 1.62 bits per heavy atom. The summed E-state index contributed by atoms with van der Waals surface area (Å²) in [4.78, 5) is 2.15. The summed E-state index contributed by atoms with van der Waals surface area (Å²) in [6.45, 7) is 3.68. The molecule has 2 rings (SSSR count). The lowest BCUT2D eigenvalue weighted by Gasteiger charge is -2.21. The Bertz CT molecular complexity index is 521. The van der Waals surface area contributed by atoms with Gasteiger partial charge >= 0.3 is 0 Å². The van der Waals surface area contributed by atoms with Crippen LogP contribution in [0.25, 0.3) is 0 Å². The Kier molecular flexibility index (Phi) is 5.97. The molecule has 112 valence electrons. The SMILES string of the molecule is CCCc1ccc(C(O)CN(C)Cc2ccccc2)cc1. The van der Waals surface area contributed by atoms with Gasteiger partial charge in [-0.15, -0.1) is 0 Å². The van der Waals surface area contributed by atoms with Crippen LogP contribution >= 0.6 is 0 Å². The highest BCUT2D eigenvalue weighted by atomic mass is 16.3. The molecule has 0 bridgehead atoms. The van der Waals surface area contributed by atoms with Crippen LogP contribution in [0.3, 0.4) is 0 Å². The highest BCUT2D eigenvalue weighted by molar-refractivity contribution is 5.24. The van der Waals surface area contributed by atoms with Crippen molar-refractivity contribution in [3.8, 4) is 0 Å². The summed E-state index contributed by atoms with van der Waals surface area (Å²) < 4.78 is 0. The van der Waals surface area contributed by atoms with Gasteiger partial charge in [-0.25, -0.2) is 0 Å². The van der Waals surface area contributed by atoms with Crippen molar-refractivity contribution < 1.29 is 5.11 Å². The summed E-state index contributed by atoms with van der Waals surface area (Å²) in [5.41, 5.74) is 3.60. The molecule has 0 fully saturated rings. The van der Waals surface area contributed by atoms with Crippen molar-refractivity contribution in [1.29, 1.82) is 0 Å². The maximum atomic E-state index is 10.3. The molecule has 0 amide bonds. The zero-order valence-electron chi connectivity index (χ0n) is 13.0. The fraction of sp³-hybridized carbons (Fsp3) is 0.368. The van der Waals surface area contributed by atoms with Crippen LogP contribution in [0, 0.1) is 0 Å². The largest absolute Gasteiger partial charge is 0.387 e. The van der Waals surface area contributed by atoms with E-state index in [0.717, 1.165) is 24.9 Å². The first kappa shape index (κ1) is 15.7. The molecular weight excluding hydrogens is 258 g/mol. The van der Waals surface area contributed by atoms with E-state index in [2.05, 4.69) is 36.1 Å². The number of likely N-dealkylation sites (N-methyl/N-ethyl adjacent to an activating group) is 1. The lowest BCUT2D eigenvalue weighted by molar-refractivity contribution is 0.124. The van der Waals surface area contributed by atoms with Crippen LogP contribution in [0.2, 0.25) is 0 Å². The average molecular weight is 283 g/mol. The molecule has 0 aliphatic heterocycles. The Labute approximate surface area is 128 Å². The summed E-state index contributed by atoms with van der Waals surface area (Å²) in [6.07, 6.45) is 1.82. The molecule has 0 saturated carbocycles. The summed E-state index contributed by atoms with van der Waals surface area (Å²) in [5.74, 6) is 0. The molecular formula is C19H25NO. The molecule has 21 heavy (non-hydrogen) atoms. The number of hydrogen-bond acceptors (Lipinski definition) is 2. The molecule has 0 saturated heterocycles. The molecule has 2 heteroatoms. The molecule has 1 N–H and O–H groups in total. The molecule has 0 aliphatic carbocycles. The van der Waals surface area contributed by atoms with Crippen LogP contribution in [-0.2, 0) is 13.0 Å². The minimum Gasteiger partial charge on any atom is -0.387 e. The molecule has 2 nitrogen and oxygen atoms in total. The number of rotatable bonds is 7. The Morgan fingerprint density at radius 3 is 2.24 bits per heavy atom. The highest BCUT2D eigenvalue weighted by Crippen LogP contribution is 2.16. The molecule has 2 aromatic rings. The standard InChI is InChI=1S/C19H25NO/c1-3-7-16-10-12-18(13-11-16)19(21)15-20(2)14-17-8-5-4-6-9-17/h4-6,8-13,19,21H,3,7,14-15H2,1-2H3. The predicted octanol–water partition coefficient (Wildman–Crippen LogP) is 3.80. The third-order valence-corrected chi connectivity index (χ3v) is 3.68. The lowest BCUT2D eigenvalue weighted by atomic mass is 10.0. The lowest BCUT2D eigenvalue weighted by Crippen LogP contribution is -2.24. The summed E-state index contributed by atoms with van der Waals surface area (Å²) >= 11 is 0. The van der Waals surface area contributed by atoms with E-state index in [1.165, 1.54) is 11.1 Å². The fourth-order valence-electron chi connectivity index (χ4n) is 2.56. The van der Waals surface area contributed by atoms with E-state index in [4.69, 9.17) is 0 Å². The molecule has 1 atom stereocenters. The zero-order chi connectivity index (χ0) is 15.1. The van der Waals surface area contributed by atoms with E-state index < -0.39 is 6.10 Å². The summed E-state index contributed by atoms with van der Waals surface area (Å²) in [6, 6.07) is 18.7. The van der Waals surface area contributed by atoms with Crippen molar-refractivity contribution in [2.24, 2.45) is 0 Å². The van der Waals surface area contributed by atoms with Gasteiger partial charge in [-0.1, -0.05) is 67.9 Å². The Hall–Kier alpha value is -1.64. The summed E-state index contributed by atoms with van der Waals surface area (Å²) in [5, 5.41) is 10.3. The van der Waals surface area contributed by atoms with Gasteiger partial charge < -0.3 is 5.11 Å². The first-order valence-corrected chi connectivity index (χ1v) is 7.68. The molecule has 0 aliphatic rings. The monoisotopic (exact) mass is 283 g/mol. The molecule has 0 spiro atoms. The van der Waals surface area contributed by atoms with Gasteiger partial charge in [0.25, 0.3) is 0 Å². The number of aryl methyl sites for hydroxylation is 1. The first-order chi connectivity index (χ1) is 10.2. The fourth-order valence-corrected chi connectivity index (χ4v) is 2.56. The van der Waals surface area contributed by atoms with Gasteiger partial charge in [-0.3, -0.25) is 4.90 Å². The number of hydrogen-bond donors (Lipinski definition) is 1. The quantitative estimate of drug-likeness (QED) is 0.835. The van der Waals surface area contributed by atoms with Gasteiger partial charge in [-0.05, 0) is 30.2 Å². The predicted molar refractivity (Wildman–Crippen MR) is 88.2 cm³/mol. The first-order valence-electron chi connectivity index (χ1n) is 7.68. The van der Waals surface area contributed by atoms with Gasteiger partial charge in [0.05, 0.1) is 6.10 Å². The van der Waals surface area contributed by atoms with Crippen LogP contribution < -0.4 is 0 Å². The molecule has 2 aromatic carbocycles. The van der Waals surface area contributed by atoms with Crippen molar-refractivity contribution >= 4 is 0 Å². The zero-order valence-corrected chi connectivity index (χ0v) is 13.0. The second kappa shape index (κ2) is 7.96. The molecule has 0 radical (unpaired) electrons. The minimum absolute atomic E-state index is 0.436. The van der Waals surface area contributed by atoms with Gasteiger partial charge in [-0.2, -0.15) is 0 Å². The van der Waals surface area contributed by atoms with Gasteiger partial charge in [0, 0.05) is 13.1 Å². The van der Waals surface area contributed by atoms with Gasteiger partial charge in [0.1, 0.15) is 0 Å².